The van der Waals surface area contributed by atoms with E-state index in [1.54, 1.807) is 23.9 Å². The van der Waals surface area contributed by atoms with Crippen molar-refractivity contribution in [1.29, 1.82) is 0 Å². The largest absolute Gasteiger partial charge is 0.369 e. The third-order valence-electron chi connectivity index (χ3n) is 3.12. The lowest BCUT2D eigenvalue weighted by Gasteiger charge is -2.28. The van der Waals surface area contributed by atoms with E-state index >= 15 is 0 Å². The molecule has 1 unspecified atom stereocenters. The van der Waals surface area contributed by atoms with Gasteiger partial charge in [-0.3, -0.25) is 4.79 Å². The van der Waals surface area contributed by atoms with Crippen LogP contribution in [0.3, 0.4) is 0 Å². The van der Waals surface area contributed by atoms with Crippen molar-refractivity contribution in [3.63, 3.8) is 0 Å². The number of Topliss-reactive ketones (excluding diaryl/α,β-unsaturated/α-hetero) is 1. The molecule has 0 aromatic heterocycles. The molecule has 1 atom stereocenters. The van der Waals surface area contributed by atoms with E-state index < -0.39 is 0 Å². The number of rotatable bonds is 6. The van der Waals surface area contributed by atoms with E-state index in [-0.39, 0.29) is 17.6 Å². The second-order valence-electron chi connectivity index (χ2n) is 4.43. The van der Waals surface area contributed by atoms with Gasteiger partial charge in [-0.25, -0.2) is 4.39 Å². The van der Waals surface area contributed by atoms with Crippen LogP contribution in [0.15, 0.2) is 18.2 Å². The van der Waals surface area contributed by atoms with Crippen molar-refractivity contribution in [2.24, 2.45) is 0 Å². The summed E-state index contributed by atoms with van der Waals surface area (Å²) in [6.45, 7) is 3.52. The van der Waals surface area contributed by atoms with Gasteiger partial charge in [0.15, 0.2) is 5.78 Å². The van der Waals surface area contributed by atoms with Gasteiger partial charge in [-0.2, -0.15) is 11.8 Å². The topological polar surface area (TPSA) is 20.3 Å². The monoisotopic (exact) mass is 269 g/mol. The number of nitrogens with zero attached hydrogens (tertiary/aromatic N) is 1. The molecule has 1 rings (SSSR count). The zero-order valence-electron chi connectivity index (χ0n) is 11.4. The highest BCUT2D eigenvalue weighted by atomic mass is 32.2. The van der Waals surface area contributed by atoms with Crippen molar-refractivity contribution < 1.29 is 9.18 Å². The number of ketones is 1. The fourth-order valence-electron chi connectivity index (χ4n) is 1.86. The first-order valence-corrected chi connectivity index (χ1v) is 7.39. The van der Waals surface area contributed by atoms with Crippen LogP contribution in [0.4, 0.5) is 10.1 Å². The molecular formula is C14H20FNOS. The molecule has 0 aliphatic heterocycles. The van der Waals surface area contributed by atoms with Crippen molar-refractivity contribution in [3.8, 4) is 0 Å². The maximum atomic E-state index is 13.9. The third-order valence-corrected chi connectivity index (χ3v) is 3.76. The lowest BCUT2D eigenvalue weighted by Crippen LogP contribution is -2.31. The molecule has 0 fully saturated rings. The first-order chi connectivity index (χ1) is 8.49. The molecule has 0 saturated heterocycles. The van der Waals surface area contributed by atoms with Crippen LogP contribution in [-0.4, -0.2) is 30.9 Å². The van der Waals surface area contributed by atoms with Crippen LogP contribution in [-0.2, 0) is 0 Å². The number of halogens is 1. The molecule has 0 saturated carbocycles. The highest BCUT2D eigenvalue weighted by Crippen LogP contribution is 2.26. The van der Waals surface area contributed by atoms with Gasteiger partial charge in [-0.05, 0) is 44.4 Å². The molecule has 1 aromatic rings. The Labute approximate surface area is 113 Å². The van der Waals surface area contributed by atoms with E-state index in [1.165, 1.54) is 13.0 Å². The van der Waals surface area contributed by atoms with Crippen LogP contribution < -0.4 is 4.90 Å². The Morgan fingerprint density at radius 2 is 2.17 bits per heavy atom. The third kappa shape index (κ3) is 3.48. The summed E-state index contributed by atoms with van der Waals surface area (Å²) in [7, 11) is 1.84. The molecule has 0 heterocycles. The zero-order chi connectivity index (χ0) is 13.7. The van der Waals surface area contributed by atoms with Crippen LogP contribution in [0.1, 0.15) is 30.6 Å². The van der Waals surface area contributed by atoms with Gasteiger partial charge in [-0.15, -0.1) is 0 Å². The standard InChI is InChI=1S/C14H20FNOS/c1-10(8-9-18-4)16(3)14-12(11(2)17)6-5-7-13(14)15/h5-7,10H,8-9H2,1-4H3. The SMILES string of the molecule is CSCCC(C)N(C)c1c(F)cccc1C(C)=O. The van der Waals surface area contributed by atoms with Crippen LogP contribution in [0.25, 0.3) is 0 Å². The van der Waals surface area contributed by atoms with Gasteiger partial charge in [0.25, 0.3) is 0 Å². The lowest BCUT2D eigenvalue weighted by atomic mass is 10.1. The highest BCUT2D eigenvalue weighted by molar-refractivity contribution is 7.98. The summed E-state index contributed by atoms with van der Waals surface area (Å²) in [4.78, 5) is 13.4. The van der Waals surface area contributed by atoms with Gasteiger partial charge in [0, 0.05) is 18.7 Å². The molecule has 0 aliphatic carbocycles. The average Bonchev–Trinajstić information content (AvgIpc) is 2.34. The van der Waals surface area contributed by atoms with Crippen LogP contribution in [0.2, 0.25) is 0 Å². The van der Waals surface area contributed by atoms with Crippen molar-refractivity contribution in [2.75, 3.05) is 24.0 Å². The normalized spacial score (nSPS) is 12.3. The molecule has 1 aromatic carbocycles. The highest BCUT2D eigenvalue weighted by Gasteiger charge is 2.19. The molecule has 4 heteroatoms. The van der Waals surface area contributed by atoms with E-state index in [1.807, 2.05) is 18.9 Å². The molecule has 0 spiro atoms. The maximum Gasteiger partial charge on any atom is 0.161 e. The fraction of sp³-hybridized carbons (Fsp3) is 0.500. The maximum absolute atomic E-state index is 13.9. The van der Waals surface area contributed by atoms with Gasteiger partial charge in [0.2, 0.25) is 0 Å². The van der Waals surface area contributed by atoms with Crippen LogP contribution in [0.5, 0.6) is 0 Å². The van der Waals surface area contributed by atoms with Gasteiger partial charge in [0.1, 0.15) is 5.82 Å². The van der Waals surface area contributed by atoms with E-state index in [4.69, 9.17) is 0 Å². The second-order valence-corrected chi connectivity index (χ2v) is 5.42. The molecule has 18 heavy (non-hydrogen) atoms. The van der Waals surface area contributed by atoms with Gasteiger partial charge >= 0.3 is 0 Å². The van der Waals surface area contributed by atoms with E-state index in [0.717, 1.165) is 12.2 Å². The Balaban J connectivity index is 3.03. The summed E-state index contributed by atoms with van der Waals surface area (Å²) in [6.07, 6.45) is 3.01. The minimum Gasteiger partial charge on any atom is -0.369 e. The summed E-state index contributed by atoms with van der Waals surface area (Å²) in [5, 5.41) is 0. The number of hydrogen-bond donors (Lipinski definition) is 0. The van der Waals surface area contributed by atoms with Crippen LogP contribution >= 0.6 is 11.8 Å². The Morgan fingerprint density at radius 3 is 2.72 bits per heavy atom. The Morgan fingerprint density at radius 1 is 1.50 bits per heavy atom. The number of carbonyl (C=O) groups excluding carboxylic acids is 1. The minimum absolute atomic E-state index is 0.103. The molecule has 0 amide bonds. The predicted octanol–water partition coefficient (Wildman–Crippen LogP) is 3.61. The molecule has 0 radical (unpaired) electrons. The molecule has 0 bridgehead atoms. The van der Waals surface area contributed by atoms with Crippen LogP contribution in [0, 0.1) is 5.82 Å². The van der Waals surface area contributed by atoms with Crippen molar-refractivity contribution in [1.82, 2.24) is 0 Å². The number of thioether (sulfide) groups is 1. The van der Waals surface area contributed by atoms with Gasteiger partial charge in [0.05, 0.1) is 5.69 Å². The van der Waals surface area contributed by atoms with Crippen molar-refractivity contribution >= 4 is 23.2 Å². The number of hydrogen-bond acceptors (Lipinski definition) is 3. The average molecular weight is 269 g/mol. The van der Waals surface area contributed by atoms with E-state index in [9.17, 15) is 9.18 Å². The minimum atomic E-state index is -0.332. The fourth-order valence-corrected chi connectivity index (χ4v) is 2.44. The summed E-state index contributed by atoms with van der Waals surface area (Å²) in [5.74, 6) is 0.588. The second kappa shape index (κ2) is 6.78. The molecule has 100 valence electrons. The summed E-state index contributed by atoms with van der Waals surface area (Å²) in [5.41, 5.74) is 0.868. The summed E-state index contributed by atoms with van der Waals surface area (Å²) >= 11 is 1.77. The van der Waals surface area contributed by atoms with E-state index in [0.29, 0.717) is 11.3 Å². The first kappa shape index (κ1) is 15.0. The Kier molecular flexibility index (Phi) is 5.66. The lowest BCUT2D eigenvalue weighted by molar-refractivity contribution is 0.101. The number of benzene rings is 1. The van der Waals surface area contributed by atoms with Gasteiger partial charge in [-0.1, -0.05) is 6.07 Å². The van der Waals surface area contributed by atoms with Gasteiger partial charge < -0.3 is 4.90 Å². The predicted molar refractivity (Wildman–Crippen MR) is 77.3 cm³/mol. The summed E-state index contributed by atoms with van der Waals surface area (Å²) in [6, 6.07) is 4.86. The first-order valence-electron chi connectivity index (χ1n) is 6.00. The number of carbonyl (C=O) groups is 1. The molecule has 0 N–H and O–H groups in total. The summed E-state index contributed by atoms with van der Waals surface area (Å²) < 4.78 is 13.9. The molecular weight excluding hydrogens is 249 g/mol. The Bertz CT molecular complexity index is 422. The number of para-hydroxylation sites is 1. The number of anilines is 1. The zero-order valence-corrected chi connectivity index (χ0v) is 12.2. The van der Waals surface area contributed by atoms with Crippen molar-refractivity contribution in [3.05, 3.63) is 29.6 Å². The van der Waals surface area contributed by atoms with E-state index in [2.05, 4.69) is 6.26 Å². The smallest absolute Gasteiger partial charge is 0.161 e. The Hall–Kier alpha value is -1.03. The quantitative estimate of drug-likeness (QED) is 0.736. The molecule has 2 nitrogen and oxygen atoms in total. The molecule has 0 aliphatic rings. The van der Waals surface area contributed by atoms with Crippen molar-refractivity contribution in [2.45, 2.75) is 26.3 Å².